The molecule has 0 atom stereocenters. The van der Waals surface area contributed by atoms with Crippen LogP contribution in [0.15, 0.2) is 24.3 Å². The molecule has 0 bridgehead atoms. The number of benzene rings is 1. The number of aryl methyl sites for hydroxylation is 1. The molecule has 0 aromatic heterocycles. The highest BCUT2D eigenvalue weighted by atomic mass is 16.3. The van der Waals surface area contributed by atoms with Crippen molar-refractivity contribution in [2.45, 2.75) is 50.5 Å². The van der Waals surface area contributed by atoms with Crippen molar-refractivity contribution in [3.63, 3.8) is 0 Å². The van der Waals surface area contributed by atoms with Gasteiger partial charge in [0.1, 0.15) is 0 Å². The minimum absolute atomic E-state index is 0.145. The third-order valence-electron chi connectivity index (χ3n) is 5.28. The molecule has 2 fully saturated rings. The molecule has 3 rings (SSSR count). The Bertz CT molecular complexity index is 530. The van der Waals surface area contributed by atoms with Gasteiger partial charge in [-0.3, -0.25) is 4.79 Å². The number of hydrogen-bond donors (Lipinski definition) is 1. The first-order chi connectivity index (χ1) is 10.0. The number of carbonyl (C=O) groups is 1. The average molecular weight is 287 g/mol. The van der Waals surface area contributed by atoms with Gasteiger partial charge in [0.05, 0.1) is 11.5 Å². The van der Waals surface area contributed by atoms with Crippen LogP contribution in [0.4, 0.5) is 0 Å². The fourth-order valence-corrected chi connectivity index (χ4v) is 3.78. The van der Waals surface area contributed by atoms with Gasteiger partial charge >= 0.3 is 0 Å². The predicted molar refractivity (Wildman–Crippen MR) is 83.1 cm³/mol. The Kier molecular flexibility index (Phi) is 3.78. The van der Waals surface area contributed by atoms with Gasteiger partial charge in [0.25, 0.3) is 0 Å². The Morgan fingerprint density at radius 2 is 2.10 bits per heavy atom. The van der Waals surface area contributed by atoms with Crippen LogP contribution in [0.3, 0.4) is 0 Å². The van der Waals surface area contributed by atoms with Gasteiger partial charge in [-0.1, -0.05) is 36.2 Å². The Balaban J connectivity index is 1.74. The van der Waals surface area contributed by atoms with Crippen molar-refractivity contribution >= 4 is 5.91 Å². The van der Waals surface area contributed by atoms with Gasteiger partial charge in [0.2, 0.25) is 5.91 Å². The summed E-state index contributed by atoms with van der Waals surface area (Å²) in [5, 5.41) is 9.39. The van der Waals surface area contributed by atoms with Crippen LogP contribution in [0.1, 0.15) is 43.2 Å². The zero-order valence-corrected chi connectivity index (χ0v) is 13.0. The molecule has 2 aliphatic rings. The van der Waals surface area contributed by atoms with Crippen LogP contribution < -0.4 is 0 Å². The van der Waals surface area contributed by atoms with Crippen molar-refractivity contribution in [1.82, 2.24) is 4.90 Å². The summed E-state index contributed by atoms with van der Waals surface area (Å²) >= 11 is 0. The molecule has 0 heterocycles. The minimum atomic E-state index is -0.289. The van der Waals surface area contributed by atoms with E-state index < -0.39 is 0 Å². The van der Waals surface area contributed by atoms with E-state index in [1.807, 2.05) is 11.9 Å². The first kappa shape index (κ1) is 14.6. The van der Waals surface area contributed by atoms with E-state index in [1.54, 1.807) is 0 Å². The predicted octanol–water partition coefficient (Wildman–Crippen LogP) is 2.65. The second-order valence-electron chi connectivity index (χ2n) is 6.98. The van der Waals surface area contributed by atoms with Crippen molar-refractivity contribution in [2.24, 2.45) is 5.92 Å². The first-order valence-electron chi connectivity index (χ1n) is 8.02. The number of aliphatic hydroxyl groups is 1. The van der Waals surface area contributed by atoms with Crippen LogP contribution in [0.25, 0.3) is 0 Å². The molecule has 0 unspecified atom stereocenters. The highest BCUT2D eigenvalue weighted by Crippen LogP contribution is 2.45. The van der Waals surface area contributed by atoms with Crippen molar-refractivity contribution in [3.8, 4) is 0 Å². The maximum Gasteiger partial charge on any atom is 0.232 e. The molecule has 0 spiro atoms. The lowest BCUT2D eigenvalue weighted by Crippen LogP contribution is -2.51. The maximum atomic E-state index is 13.0. The van der Waals surface area contributed by atoms with Gasteiger partial charge in [0.15, 0.2) is 0 Å². The van der Waals surface area contributed by atoms with Crippen LogP contribution in [0, 0.1) is 12.8 Å². The van der Waals surface area contributed by atoms with Gasteiger partial charge in [-0.2, -0.15) is 0 Å². The number of aliphatic hydroxyl groups excluding tert-OH is 1. The Hall–Kier alpha value is -1.35. The smallest absolute Gasteiger partial charge is 0.232 e. The van der Waals surface area contributed by atoms with E-state index in [2.05, 4.69) is 31.2 Å². The topological polar surface area (TPSA) is 40.5 Å². The first-order valence-corrected chi connectivity index (χ1v) is 8.02. The number of carbonyl (C=O) groups excluding carboxylic acids is 1. The third-order valence-corrected chi connectivity index (χ3v) is 5.28. The van der Waals surface area contributed by atoms with E-state index in [9.17, 15) is 9.90 Å². The van der Waals surface area contributed by atoms with Crippen molar-refractivity contribution in [2.75, 3.05) is 13.6 Å². The molecule has 3 heteroatoms. The molecule has 2 aliphatic carbocycles. The molecule has 3 nitrogen and oxygen atoms in total. The summed E-state index contributed by atoms with van der Waals surface area (Å²) in [4.78, 5) is 14.9. The lowest BCUT2D eigenvalue weighted by molar-refractivity contribution is -0.141. The van der Waals surface area contributed by atoms with Crippen LogP contribution >= 0.6 is 0 Å². The second-order valence-corrected chi connectivity index (χ2v) is 6.98. The SMILES string of the molecule is Cc1cccc(C2(C(=O)N(C)CC3CC(O)C3)CCC2)c1. The van der Waals surface area contributed by atoms with E-state index in [-0.39, 0.29) is 17.4 Å². The van der Waals surface area contributed by atoms with Gasteiger partial charge in [0, 0.05) is 13.6 Å². The third kappa shape index (κ3) is 2.59. The van der Waals surface area contributed by atoms with Crippen molar-refractivity contribution in [3.05, 3.63) is 35.4 Å². The van der Waals surface area contributed by atoms with Crippen LogP contribution in [0.5, 0.6) is 0 Å². The van der Waals surface area contributed by atoms with E-state index >= 15 is 0 Å². The number of likely N-dealkylation sites (N-methyl/N-ethyl adjacent to an activating group) is 1. The number of nitrogens with zero attached hydrogens (tertiary/aromatic N) is 1. The zero-order chi connectivity index (χ0) is 15.0. The number of hydrogen-bond acceptors (Lipinski definition) is 2. The molecular formula is C18H25NO2. The summed E-state index contributed by atoms with van der Waals surface area (Å²) in [6, 6.07) is 8.41. The minimum Gasteiger partial charge on any atom is -0.393 e. The molecule has 1 aromatic carbocycles. The Labute approximate surface area is 127 Å². The normalized spacial score (nSPS) is 26.6. The molecular weight excluding hydrogens is 262 g/mol. The van der Waals surface area contributed by atoms with Gasteiger partial charge in [-0.05, 0) is 44.1 Å². The monoisotopic (exact) mass is 287 g/mol. The molecule has 1 amide bonds. The van der Waals surface area contributed by atoms with Crippen molar-refractivity contribution < 1.29 is 9.90 Å². The molecule has 1 N–H and O–H groups in total. The summed E-state index contributed by atoms with van der Waals surface area (Å²) in [5.74, 6) is 0.740. The molecule has 2 saturated carbocycles. The van der Waals surface area contributed by atoms with E-state index in [4.69, 9.17) is 0 Å². The van der Waals surface area contributed by atoms with Gasteiger partial charge < -0.3 is 10.0 Å². The highest BCUT2D eigenvalue weighted by molar-refractivity contribution is 5.89. The largest absolute Gasteiger partial charge is 0.393 e. The zero-order valence-electron chi connectivity index (χ0n) is 13.0. The Morgan fingerprint density at radius 1 is 1.38 bits per heavy atom. The molecule has 114 valence electrons. The molecule has 0 saturated heterocycles. The van der Waals surface area contributed by atoms with Gasteiger partial charge in [-0.15, -0.1) is 0 Å². The van der Waals surface area contributed by atoms with E-state index in [0.717, 1.165) is 38.6 Å². The fourth-order valence-electron chi connectivity index (χ4n) is 3.78. The molecule has 0 aliphatic heterocycles. The summed E-state index contributed by atoms with van der Waals surface area (Å²) in [7, 11) is 1.92. The number of rotatable bonds is 4. The lowest BCUT2D eigenvalue weighted by Gasteiger charge is -2.44. The average Bonchev–Trinajstić information content (AvgIpc) is 2.35. The Morgan fingerprint density at radius 3 is 2.62 bits per heavy atom. The van der Waals surface area contributed by atoms with Gasteiger partial charge in [-0.25, -0.2) is 0 Å². The van der Waals surface area contributed by atoms with Crippen LogP contribution in [0.2, 0.25) is 0 Å². The molecule has 0 radical (unpaired) electrons. The van der Waals surface area contributed by atoms with Crippen molar-refractivity contribution in [1.29, 1.82) is 0 Å². The number of amides is 1. The van der Waals surface area contributed by atoms with Crippen LogP contribution in [-0.2, 0) is 10.2 Å². The standard InChI is InChI=1S/C18H25NO2/c1-13-5-3-6-15(9-13)18(7-4-8-18)17(21)19(2)12-14-10-16(20)11-14/h3,5-6,9,14,16,20H,4,7-8,10-12H2,1-2H3. The maximum absolute atomic E-state index is 13.0. The van der Waals surface area contributed by atoms with E-state index in [0.29, 0.717) is 5.92 Å². The second kappa shape index (κ2) is 5.45. The highest BCUT2D eigenvalue weighted by Gasteiger charge is 2.47. The lowest BCUT2D eigenvalue weighted by atomic mass is 9.63. The van der Waals surface area contributed by atoms with E-state index in [1.165, 1.54) is 11.1 Å². The van der Waals surface area contributed by atoms with Crippen LogP contribution in [-0.4, -0.2) is 35.6 Å². The molecule has 21 heavy (non-hydrogen) atoms. The molecule has 1 aromatic rings. The summed E-state index contributed by atoms with van der Waals surface area (Å²) in [6.45, 7) is 2.86. The summed E-state index contributed by atoms with van der Waals surface area (Å²) in [6.07, 6.45) is 4.60. The quantitative estimate of drug-likeness (QED) is 0.925. The summed E-state index contributed by atoms with van der Waals surface area (Å²) < 4.78 is 0. The summed E-state index contributed by atoms with van der Waals surface area (Å²) in [5.41, 5.74) is 2.11. The fraction of sp³-hybridized carbons (Fsp3) is 0.611.